The number of carbonyl (C=O) groups is 1. The van der Waals surface area contributed by atoms with Crippen LogP contribution in [0.15, 0.2) is 0 Å². The SMILES string of the molecule is O=C(CN1CCCC(CO)C1)NCCO. The molecule has 3 N–H and O–H groups in total. The van der Waals surface area contributed by atoms with Gasteiger partial charge >= 0.3 is 0 Å². The summed E-state index contributed by atoms with van der Waals surface area (Å²) in [5, 5.41) is 20.2. The molecule has 1 aliphatic rings. The Balaban J connectivity index is 2.22. The minimum atomic E-state index is -0.0531. The lowest BCUT2D eigenvalue weighted by Crippen LogP contribution is -2.43. The fourth-order valence-corrected chi connectivity index (χ4v) is 1.90. The average molecular weight is 216 g/mol. The lowest BCUT2D eigenvalue weighted by molar-refractivity contribution is -0.122. The molecular formula is C10H20N2O3. The zero-order valence-electron chi connectivity index (χ0n) is 8.98. The maximum absolute atomic E-state index is 11.3. The van der Waals surface area contributed by atoms with Gasteiger partial charge in [0.2, 0.25) is 5.91 Å². The van der Waals surface area contributed by atoms with Crippen LogP contribution in [0.1, 0.15) is 12.8 Å². The Morgan fingerprint density at radius 2 is 2.27 bits per heavy atom. The Hall–Kier alpha value is -0.650. The third-order valence-electron chi connectivity index (χ3n) is 2.66. The van der Waals surface area contributed by atoms with Crippen LogP contribution in [0.25, 0.3) is 0 Å². The maximum atomic E-state index is 11.3. The summed E-state index contributed by atoms with van der Waals surface area (Å²) in [5.74, 6) is 0.257. The van der Waals surface area contributed by atoms with Crippen molar-refractivity contribution in [1.82, 2.24) is 10.2 Å². The number of piperidine rings is 1. The molecule has 0 saturated carbocycles. The zero-order chi connectivity index (χ0) is 11.1. The number of hydrogen-bond acceptors (Lipinski definition) is 4. The van der Waals surface area contributed by atoms with Gasteiger partial charge in [0.25, 0.3) is 0 Å². The molecule has 1 atom stereocenters. The lowest BCUT2D eigenvalue weighted by atomic mass is 9.99. The first-order valence-corrected chi connectivity index (χ1v) is 5.47. The van der Waals surface area contributed by atoms with Gasteiger partial charge in [-0.05, 0) is 25.3 Å². The van der Waals surface area contributed by atoms with E-state index in [1.54, 1.807) is 0 Å². The molecule has 1 saturated heterocycles. The van der Waals surface area contributed by atoms with Crippen LogP contribution >= 0.6 is 0 Å². The number of rotatable bonds is 5. The van der Waals surface area contributed by atoms with Crippen LogP contribution in [0.4, 0.5) is 0 Å². The standard InChI is InChI=1S/C10H20N2O3/c13-5-3-11-10(15)7-12-4-1-2-9(6-12)8-14/h9,13-14H,1-8H2,(H,11,15). The summed E-state index contributed by atoms with van der Waals surface area (Å²) in [6.07, 6.45) is 2.09. The van der Waals surface area contributed by atoms with E-state index in [-0.39, 0.29) is 19.1 Å². The van der Waals surface area contributed by atoms with Gasteiger partial charge in [0.05, 0.1) is 13.2 Å². The average Bonchev–Trinajstić information content (AvgIpc) is 2.26. The maximum Gasteiger partial charge on any atom is 0.234 e. The van der Waals surface area contributed by atoms with Crippen molar-refractivity contribution in [3.05, 3.63) is 0 Å². The smallest absolute Gasteiger partial charge is 0.234 e. The first-order valence-electron chi connectivity index (χ1n) is 5.47. The van der Waals surface area contributed by atoms with Crippen molar-refractivity contribution in [3.63, 3.8) is 0 Å². The molecule has 88 valence electrons. The third kappa shape index (κ3) is 4.59. The number of carbonyl (C=O) groups excluding carboxylic acids is 1. The van der Waals surface area contributed by atoms with Crippen molar-refractivity contribution >= 4 is 5.91 Å². The highest BCUT2D eigenvalue weighted by atomic mass is 16.3. The van der Waals surface area contributed by atoms with Gasteiger partial charge in [-0.3, -0.25) is 9.69 Å². The molecule has 0 radical (unpaired) electrons. The van der Waals surface area contributed by atoms with E-state index < -0.39 is 0 Å². The Bertz CT molecular complexity index is 199. The summed E-state index contributed by atoms with van der Waals surface area (Å²) >= 11 is 0. The van der Waals surface area contributed by atoms with E-state index in [9.17, 15) is 4.79 Å². The highest BCUT2D eigenvalue weighted by molar-refractivity contribution is 5.77. The molecule has 0 aromatic heterocycles. The number of amides is 1. The molecule has 1 aliphatic heterocycles. The Morgan fingerprint density at radius 3 is 2.93 bits per heavy atom. The Labute approximate surface area is 90.1 Å². The first kappa shape index (κ1) is 12.4. The molecule has 1 unspecified atom stereocenters. The highest BCUT2D eigenvalue weighted by Gasteiger charge is 2.20. The summed E-state index contributed by atoms with van der Waals surface area (Å²) in [6.45, 7) is 2.58. The van der Waals surface area contributed by atoms with E-state index >= 15 is 0 Å². The number of hydrogen-bond donors (Lipinski definition) is 3. The van der Waals surface area contributed by atoms with E-state index in [4.69, 9.17) is 10.2 Å². The molecule has 0 spiro atoms. The molecule has 5 nitrogen and oxygen atoms in total. The van der Waals surface area contributed by atoms with E-state index in [1.165, 1.54) is 0 Å². The highest BCUT2D eigenvalue weighted by Crippen LogP contribution is 2.14. The molecule has 5 heteroatoms. The summed E-state index contributed by atoms with van der Waals surface area (Å²) in [6, 6.07) is 0. The topological polar surface area (TPSA) is 72.8 Å². The molecule has 15 heavy (non-hydrogen) atoms. The van der Waals surface area contributed by atoms with Crippen molar-refractivity contribution in [2.45, 2.75) is 12.8 Å². The lowest BCUT2D eigenvalue weighted by Gasteiger charge is -2.31. The van der Waals surface area contributed by atoms with Gasteiger partial charge in [0.15, 0.2) is 0 Å². The molecule has 1 heterocycles. The second-order valence-electron chi connectivity index (χ2n) is 4.00. The van der Waals surface area contributed by atoms with Crippen molar-refractivity contribution in [1.29, 1.82) is 0 Å². The van der Waals surface area contributed by atoms with E-state index in [2.05, 4.69) is 10.2 Å². The summed E-state index contributed by atoms with van der Waals surface area (Å²) in [4.78, 5) is 13.4. The van der Waals surface area contributed by atoms with E-state index in [0.717, 1.165) is 25.9 Å². The second-order valence-corrected chi connectivity index (χ2v) is 4.00. The fraction of sp³-hybridized carbons (Fsp3) is 0.900. The van der Waals surface area contributed by atoms with Crippen molar-refractivity contribution < 1.29 is 15.0 Å². The van der Waals surface area contributed by atoms with Gasteiger partial charge < -0.3 is 15.5 Å². The van der Waals surface area contributed by atoms with Crippen molar-refractivity contribution in [2.24, 2.45) is 5.92 Å². The van der Waals surface area contributed by atoms with Gasteiger partial charge in [0.1, 0.15) is 0 Å². The second kappa shape index (κ2) is 6.76. The first-order chi connectivity index (χ1) is 7.26. The minimum Gasteiger partial charge on any atom is -0.396 e. The number of nitrogens with one attached hydrogen (secondary N) is 1. The van der Waals surface area contributed by atoms with Gasteiger partial charge in [-0.1, -0.05) is 0 Å². The van der Waals surface area contributed by atoms with Gasteiger partial charge in [0, 0.05) is 19.7 Å². The van der Waals surface area contributed by atoms with Crippen LogP contribution < -0.4 is 5.32 Å². The normalized spacial score (nSPS) is 22.7. The van der Waals surface area contributed by atoms with Crippen LogP contribution in [0, 0.1) is 5.92 Å². The van der Waals surface area contributed by atoms with Crippen LogP contribution in [0.5, 0.6) is 0 Å². The molecule has 0 aromatic rings. The Kier molecular flexibility index (Phi) is 5.60. The van der Waals surface area contributed by atoms with Crippen LogP contribution in [0.2, 0.25) is 0 Å². The summed E-state index contributed by atoms with van der Waals surface area (Å²) < 4.78 is 0. The minimum absolute atomic E-state index is 0.0228. The van der Waals surface area contributed by atoms with E-state index in [1.807, 2.05) is 0 Å². The molecule has 0 aliphatic carbocycles. The van der Waals surface area contributed by atoms with Crippen LogP contribution in [-0.4, -0.2) is 60.4 Å². The summed E-state index contributed by atoms with van der Waals surface area (Å²) in [7, 11) is 0. The molecule has 1 rings (SSSR count). The quantitative estimate of drug-likeness (QED) is 0.540. The molecule has 0 aromatic carbocycles. The Morgan fingerprint density at radius 1 is 1.47 bits per heavy atom. The molecule has 0 bridgehead atoms. The predicted molar refractivity (Wildman–Crippen MR) is 56.3 cm³/mol. The zero-order valence-corrected chi connectivity index (χ0v) is 8.98. The van der Waals surface area contributed by atoms with E-state index in [0.29, 0.717) is 19.0 Å². The van der Waals surface area contributed by atoms with Gasteiger partial charge in [-0.25, -0.2) is 0 Å². The molecule has 1 amide bonds. The molecule has 1 fully saturated rings. The van der Waals surface area contributed by atoms with Crippen LogP contribution in [0.3, 0.4) is 0 Å². The third-order valence-corrected chi connectivity index (χ3v) is 2.66. The van der Waals surface area contributed by atoms with Crippen LogP contribution in [-0.2, 0) is 4.79 Å². The van der Waals surface area contributed by atoms with Gasteiger partial charge in [-0.2, -0.15) is 0 Å². The molecular weight excluding hydrogens is 196 g/mol. The number of aliphatic hydroxyl groups is 2. The number of nitrogens with zero attached hydrogens (tertiary/aromatic N) is 1. The van der Waals surface area contributed by atoms with Gasteiger partial charge in [-0.15, -0.1) is 0 Å². The summed E-state index contributed by atoms with van der Waals surface area (Å²) in [5.41, 5.74) is 0. The number of likely N-dealkylation sites (tertiary alicyclic amines) is 1. The monoisotopic (exact) mass is 216 g/mol. The number of aliphatic hydroxyl groups excluding tert-OH is 2. The fourth-order valence-electron chi connectivity index (χ4n) is 1.90. The van der Waals surface area contributed by atoms with Crippen molar-refractivity contribution in [2.75, 3.05) is 39.4 Å². The van der Waals surface area contributed by atoms with Crippen molar-refractivity contribution in [3.8, 4) is 0 Å². The predicted octanol–water partition coefficient (Wildman–Crippen LogP) is -1.20. The largest absolute Gasteiger partial charge is 0.396 e.